The van der Waals surface area contributed by atoms with E-state index in [1.807, 2.05) is 0 Å². The van der Waals surface area contributed by atoms with Crippen LogP contribution in [-0.2, 0) is 0 Å². The second kappa shape index (κ2) is 4.31. The summed E-state index contributed by atoms with van der Waals surface area (Å²) in [7, 11) is 0. The molecule has 2 rings (SSSR count). The Kier molecular flexibility index (Phi) is 3.03. The third kappa shape index (κ3) is 2.65. The number of benzene rings is 1. The molecule has 0 aliphatic heterocycles. The zero-order valence-electron chi connectivity index (χ0n) is 10.0. The molecule has 0 heterocycles. The van der Waals surface area contributed by atoms with Gasteiger partial charge in [0.2, 0.25) is 0 Å². The van der Waals surface area contributed by atoms with Crippen LogP contribution >= 0.6 is 0 Å². The van der Waals surface area contributed by atoms with Crippen molar-refractivity contribution in [1.82, 2.24) is 0 Å². The number of hydrogen-bond donors (Lipinski definition) is 1. The fraction of sp³-hybridized carbons (Fsp3) is 0.467. The fourth-order valence-corrected chi connectivity index (χ4v) is 2.32. The SMILES string of the molecule is Cc1cc(C)cc(C#CC2(O)CCCC2)c1. The Morgan fingerprint density at radius 3 is 2.19 bits per heavy atom. The summed E-state index contributed by atoms with van der Waals surface area (Å²) in [5.74, 6) is 6.14. The number of hydrogen-bond acceptors (Lipinski definition) is 1. The van der Waals surface area contributed by atoms with E-state index in [0.29, 0.717) is 0 Å². The Labute approximate surface area is 97.5 Å². The van der Waals surface area contributed by atoms with Crippen LogP contribution in [-0.4, -0.2) is 10.7 Å². The summed E-state index contributed by atoms with van der Waals surface area (Å²) in [5.41, 5.74) is 2.74. The Morgan fingerprint density at radius 2 is 1.62 bits per heavy atom. The molecule has 1 nitrogen and oxygen atoms in total. The normalized spacial score (nSPS) is 17.9. The Hall–Kier alpha value is -1.26. The molecule has 0 amide bonds. The molecule has 0 radical (unpaired) electrons. The first-order chi connectivity index (χ1) is 7.57. The van der Waals surface area contributed by atoms with E-state index in [4.69, 9.17) is 0 Å². The van der Waals surface area contributed by atoms with Gasteiger partial charge in [-0.1, -0.05) is 17.9 Å². The summed E-state index contributed by atoms with van der Waals surface area (Å²) in [4.78, 5) is 0. The third-order valence-electron chi connectivity index (χ3n) is 3.09. The van der Waals surface area contributed by atoms with Crippen LogP contribution < -0.4 is 0 Å². The summed E-state index contributed by atoms with van der Waals surface area (Å²) in [6, 6.07) is 6.27. The molecule has 0 unspecified atom stereocenters. The van der Waals surface area contributed by atoms with E-state index in [0.717, 1.165) is 31.2 Å². The molecule has 0 atom stereocenters. The highest BCUT2D eigenvalue weighted by atomic mass is 16.3. The molecule has 1 N–H and O–H groups in total. The largest absolute Gasteiger partial charge is 0.378 e. The van der Waals surface area contributed by atoms with Crippen LogP contribution in [0.2, 0.25) is 0 Å². The topological polar surface area (TPSA) is 20.2 Å². The maximum absolute atomic E-state index is 10.1. The summed E-state index contributed by atoms with van der Waals surface area (Å²) in [6.45, 7) is 4.14. The van der Waals surface area contributed by atoms with Gasteiger partial charge in [0, 0.05) is 5.56 Å². The van der Waals surface area contributed by atoms with E-state index >= 15 is 0 Å². The van der Waals surface area contributed by atoms with E-state index in [1.54, 1.807) is 0 Å². The van der Waals surface area contributed by atoms with Crippen LogP contribution in [0.1, 0.15) is 42.4 Å². The highest BCUT2D eigenvalue weighted by molar-refractivity contribution is 5.41. The predicted molar refractivity (Wildman–Crippen MR) is 66.2 cm³/mol. The van der Waals surface area contributed by atoms with Gasteiger partial charge in [0.05, 0.1) is 0 Å². The number of rotatable bonds is 0. The van der Waals surface area contributed by atoms with Gasteiger partial charge < -0.3 is 5.11 Å². The van der Waals surface area contributed by atoms with Crippen LogP contribution in [0.5, 0.6) is 0 Å². The minimum atomic E-state index is -0.725. The standard InChI is InChI=1S/C15H18O/c1-12-9-13(2)11-14(10-12)5-8-15(16)6-3-4-7-15/h9-11,16H,3-4,6-7H2,1-2H3. The Morgan fingerprint density at radius 1 is 1.06 bits per heavy atom. The summed E-state index contributed by atoms with van der Waals surface area (Å²) < 4.78 is 0. The van der Waals surface area contributed by atoms with Gasteiger partial charge in [-0.3, -0.25) is 0 Å². The minimum absolute atomic E-state index is 0.725. The molecule has 1 aliphatic carbocycles. The molecule has 1 fully saturated rings. The van der Waals surface area contributed by atoms with E-state index in [1.165, 1.54) is 11.1 Å². The predicted octanol–water partition coefficient (Wildman–Crippen LogP) is 2.96. The molecule has 0 bridgehead atoms. The van der Waals surface area contributed by atoms with Crippen molar-refractivity contribution in [1.29, 1.82) is 0 Å². The van der Waals surface area contributed by atoms with Gasteiger partial charge in [-0.25, -0.2) is 0 Å². The average Bonchev–Trinajstić information content (AvgIpc) is 2.62. The van der Waals surface area contributed by atoms with Gasteiger partial charge in [0.1, 0.15) is 5.60 Å². The zero-order chi connectivity index (χ0) is 11.6. The maximum Gasteiger partial charge on any atom is 0.125 e. The molecule has 1 aromatic carbocycles. The first-order valence-corrected chi connectivity index (χ1v) is 5.91. The highest BCUT2D eigenvalue weighted by Crippen LogP contribution is 2.28. The third-order valence-corrected chi connectivity index (χ3v) is 3.09. The van der Waals surface area contributed by atoms with Gasteiger partial charge >= 0.3 is 0 Å². The van der Waals surface area contributed by atoms with Crippen LogP contribution in [0.15, 0.2) is 18.2 Å². The lowest BCUT2D eigenvalue weighted by molar-refractivity contribution is 0.110. The minimum Gasteiger partial charge on any atom is -0.378 e. The van der Waals surface area contributed by atoms with Gasteiger partial charge in [-0.05, 0) is 62.8 Å². The van der Waals surface area contributed by atoms with Crippen molar-refractivity contribution in [3.05, 3.63) is 34.9 Å². The molecular weight excluding hydrogens is 196 g/mol. The van der Waals surface area contributed by atoms with Crippen molar-refractivity contribution in [2.75, 3.05) is 0 Å². The second-order valence-electron chi connectivity index (χ2n) is 4.87. The van der Waals surface area contributed by atoms with Crippen LogP contribution in [0.4, 0.5) is 0 Å². The van der Waals surface area contributed by atoms with Gasteiger partial charge in [-0.15, -0.1) is 0 Å². The second-order valence-corrected chi connectivity index (χ2v) is 4.87. The molecule has 1 heteroatoms. The summed E-state index contributed by atoms with van der Waals surface area (Å²) in [6.07, 6.45) is 3.84. The first kappa shape index (κ1) is 11.2. The van der Waals surface area contributed by atoms with Crippen molar-refractivity contribution < 1.29 is 5.11 Å². The molecule has 84 valence electrons. The van der Waals surface area contributed by atoms with Gasteiger partial charge in [0.25, 0.3) is 0 Å². The maximum atomic E-state index is 10.1. The molecule has 0 aromatic heterocycles. The summed E-state index contributed by atoms with van der Waals surface area (Å²) in [5, 5.41) is 10.1. The quantitative estimate of drug-likeness (QED) is 0.658. The highest BCUT2D eigenvalue weighted by Gasteiger charge is 2.28. The number of aryl methyl sites for hydroxylation is 2. The van der Waals surface area contributed by atoms with Gasteiger partial charge in [0.15, 0.2) is 0 Å². The molecule has 0 saturated heterocycles. The van der Waals surface area contributed by atoms with Crippen LogP contribution in [0, 0.1) is 25.7 Å². The van der Waals surface area contributed by atoms with Crippen molar-refractivity contribution in [3.63, 3.8) is 0 Å². The molecule has 1 aromatic rings. The molecule has 0 spiro atoms. The summed E-state index contributed by atoms with van der Waals surface area (Å²) >= 11 is 0. The Balaban J connectivity index is 2.23. The Bertz CT molecular complexity index is 422. The van der Waals surface area contributed by atoms with E-state index in [2.05, 4.69) is 43.9 Å². The van der Waals surface area contributed by atoms with E-state index < -0.39 is 5.60 Å². The molecule has 1 saturated carbocycles. The van der Waals surface area contributed by atoms with Crippen molar-refractivity contribution >= 4 is 0 Å². The lowest BCUT2D eigenvalue weighted by atomic mass is 10.0. The monoisotopic (exact) mass is 214 g/mol. The van der Waals surface area contributed by atoms with Crippen LogP contribution in [0.25, 0.3) is 0 Å². The van der Waals surface area contributed by atoms with Crippen molar-refractivity contribution in [2.24, 2.45) is 0 Å². The van der Waals surface area contributed by atoms with Gasteiger partial charge in [-0.2, -0.15) is 0 Å². The lowest BCUT2D eigenvalue weighted by Crippen LogP contribution is -2.20. The smallest absolute Gasteiger partial charge is 0.125 e. The van der Waals surface area contributed by atoms with Crippen molar-refractivity contribution in [2.45, 2.75) is 45.1 Å². The zero-order valence-corrected chi connectivity index (χ0v) is 10.0. The number of aliphatic hydroxyl groups is 1. The molecule has 1 aliphatic rings. The van der Waals surface area contributed by atoms with E-state index in [-0.39, 0.29) is 0 Å². The van der Waals surface area contributed by atoms with Crippen molar-refractivity contribution in [3.8, 4) is 11.8 Å². The van der Waals surface area contributed by atoms with Crippen LogP contribution in [0.3, 0.4) is 0 Å². The first-order valence-electron chi connectivity index (χ1n) is 5.91. The van der Waals surface area contributed by atoms with E-state index in [9.17, 15) is 5.11 Å². The molecular formula is C15H18O. The lowest BCUT2D eigenvalue weighted by Gasteiger charge is -2.12. The molecule has 16 heavy (non-hydrogen) atoms. The average molecular weight is 214 g/mol. The fourth-order valence-electron chi connectivity index (χ4n) is 2.32.